The van der Waals surface area contributed by atoms with Crippen molar-refractivity contribution in [2.75, 3.05) is 0 Å². The van der Waals surface area contributed by atoms with Gasteiger partial charge in [0, 0.05) is 27.2 Å². The highest BCUT2D eigenvalue weighted by Gasteiger charge is 2.30. The van der Waals surface area contributed by atoms with E-state index in [9.17, 15) is 17.6 Å². The Bertz CT molecular complexity index is 1030. The van der Waals surface area contributed by atoms with Crippen LogP contribution in [0.15, 0.2) is 52.9 Å². The van der Waals surface area contributed by atoms with Crippen LogP contribution in [-0.2, 0) is 18.5 Å². The van der Waals surface area contributed by atoms with Gasteiger partial charge >= 0.3 is 6.18 Å². The highest BCUT2D eigenvalue weighted by atomic mass is 32.2. The van der Waals surface area contributed by atoms with Gasteiger partial charge in [0.25, 0.3) is 0 Å². The lowest BCUT2D eigenvalue weighted by Gasteiger charge is -2.18. The Morgan fingerprint density at radius 3 is 2.26 bits per heavy atom. The number of thioether (sulfide) groups is 1. The second kappa shape index (κ2) is 8.99. The standard InChI is InChI=1S/C24H24F4O2S/c1-15-18(12-21(30-15)16-8-10-19(11-9-16)24(26,27)28)13-29-20-7-5-6-17(22(20)25)14-31-23(2,3)4/h5-12H,13-14H2,1-4H3. The van der Waals surface area contributed by atoms with Crippen LogP contribution in [0.4, 0.5) is 17.6 Å². The molecule has 7 heteroatoms. The maximum absolute atomic E-state index is 14.8. The fraction of sp³-hybridized carbons (Fsp3) is 0.333. The molecule has 1 heterocycles. The lowest BCUT2D eigenvalue weighted by Crippen LogP contribution is -2.08. The normalized spacial score (nSPS) is 12.3. The highest BCUT2D eigenvalue weighted by molar-refractivity contribution is 7.99. The van der Waals surface area contributed by atoms with Gasteiger partial charge in [-0.2, -0.15) is 24.9 Å². The third-order valence-corrected chi connectivity index (χ3v) is 5.93. The fourth-order valence-corrected chi connectivity index (χ4v) is 3.67. The Balaban J connectivity index is 1.72. The van der Waals surface area contributed by atoms with E-state index in [0.29, 0.717) is 34.0 Å². The van der Waals surface area contributed by atoms with Crippen LogP contribution < -0.4 is 4.74 Å². The summed E-state index contributed by atoms with van der Waals surface area (Å²) in [5.74, 6) is 1.30. The Labute approximate surface area is 183 Å². The molecule has 0 aliphatic heterocycles. The third kappa shape index (κ3) is 6.06. The molecule has 31 heavy (non-hydrogen) atoms. The molecule has 0 spiro atoms. The summed E-state index contributed by atoms with van der Waals surface area (Å²) in [7, 11) is 0. The molecule has 166 valence electrons. The van der Waals surface area contributed by atoms with E-state index in [1.165, 1.54) is 12.1 Å². The quantitative estimate of drug-likeness (QED) is 0.354. The maximum Gasteiger partial charge on any atom is 0.416 e. The minimum Gasteiger partial charge on any atom is -0.486 e. The van der Waals surface area contributed by atoms with Crippen LogP contribution in [0, 0.1) is 12.7 Å². The van der Waals surface area contributed by atoms with Crippen LogP contribution in [0.25, 0.3) is 11.3 Å². The highest BCUT2D eigenvalue weighted by Crippen LogP contribution is 2.33. The molecule has 0 unspecified atom stereocenters. The second-order valence-corrected chi connectivity index (χ2v) is 9.99. The van der Waals surface area contributed by atoms with E-state index in [1.807, 2.05) is 0 Å². The zero-order chi connectivity index (χ0) is 22.8. The average molecular weight is 453 g/mol. The van der Waals surface area contributed by atoms with Crippen molar-refractivity contribution in [1.29, 1.82) is 0 Å². The number of ether oxygens (including phenoxy) is 1. The number of furan rings is 1. The molecule has 2 aromatic carbocycles. The van der Waals surface area contributed by atoms with Gasteiger partial charge in [0.1, 0.15) is 18.1 Å². The van der Waals surface area contributed by atoms with Crippen LogP contribution in [0.2, 0.25) is 0 Å². The van der Waals surface area contributed by atoms with Crippen LogP contribution in [0.1, 0.15) is 43.2 Å². The maximum atomic E-state index is 14.8. The van der Waals surface area contributed by atoms with Crippen molar-refractivity contribution in [3.8, 4) is 17.1 Å². The predicted octanol–water partition coefficient (Wildman–Crippen LogP) is 8.02. The summed E-state index contributed by atoms with van der Waals surface area (Å²) in [5, 5.41) is 0. The van der Waals surface area contributed by atoms with Crippen molar-refractivity contribution >= 4 is 11.8 Å². The Kier molecular flexibility index (Phi) is 6.74. The SMILES string of the molecule is Cc1oc(-c2ccc(C(F)(F)F)cc2)cc1COc1cccc(CSC(C)(C)C)c1F. The molecule has 0 radical (unpaired) electrons. The molecule has 0 aliphatic carbocycles. The molecule has 2 nitrogen and oxygen atoms in total. The lowest BCUT2D eigenvalue weighted by atomic mass is 10.1. The monoisotopic (exact) mass is 452 g/mol. The third-order valence-electron chi connectivity index (χ3n) is 4.60. The van der Waals surface area contributed by atoms with E-state index in [-0.39, 0.29) is 22.9 Å². The smallest absolute Gasteiger partial charge is 0.416 e. The second-order valence-electron chi connectivity index (χ2n) is 8.19. The topological polar surface area (TPSA) is 22.4 Å². The summed E-state index contributed by atoms with van der Waals surface area (Å²) >= 11 is 1.65. The van der Waals surface area contributed by atoms with Crippen molar-refractivity contribution in [2.45, 2.75) is 51.0 Å². The zero-order valence-corrected chi connectivity index (χ0v) is 18.6. The van der Waals surface area contributed by atoms with Gasteiger partial charge in [-0.15, -0.1) is 0 Å². The average Bonchev–Trinajstić information content (AvgIpc) is 3.05. The van der Waals surface area contributed by atoms with Crippen molar-refractivity contribution in [2.24, 2.45) is 0 Å². The molecule has 0 fully saturated rings. The Hall–Kier alpha value is -2.41. The van der Waals surface area contributed by atoms with Crippen molar-refractivity contribution in [3.63, 3.8) is 0 Å². The van der Waals surface area contributed by atoms with Gasteiger partial charge < -0.3 is 9.15 Å². The van der Waals surface area contributed by atoms with Gasteiger partial charge in [0.05, 0.1) is 5.56 Å². The van der Waals surface area contributed by atoms with Crippen molar-refractivity contribution < 1.29 is 26.7 Å². The minimum atomic E-state index is -4.39. The van der Waals surface area contributed by atoms with Gasteiger partial charge in [0.15, 0.2) is 11.6 Å². The first kappa shape index (κ1) is 23.3. The summed E-state index contributed by atoms with van der Waals surface area (Å²) in [6.07, 6.45) is -4.39. The first-order chi connectivity index (χ1) is 14.4. The summed E-state index contributed by atoms with van der Waals surface area (Å²) in [4.78, 5) is 0. The predicted molar refractivity (Wildman–Crippen MR) is 116 cm³/mol. The van der Waals surface area contributed by atoms with Crippen molar-refractivity contribution in [1.82, 2.24) is 0 Å². The lowest BCUT2D eigenvalue weighted by molar-refractivity contribution is -0.137. The Morgan fingerprint density at radius 1 is 0.968 bits per heavy atom. The number of aryl methyl sites for hydroxylation is 1. The molecular formula is C24H24F4O2S. The van der Waals surface area contributed by atoms with Crippen LogP contribution in [0.5, 0.6) is 5.75 Å². The van der Waals surface area contributed by atoms with E-state index in [1.54, 1.807) is 43.0 Å². The fourth-order valence-electron chi connectivity index (χ4n) is 2.86. The molecule has 1 aromatic heterocycles. The Morgan fingerprint density at radius 2 is 1.65 bits per heavy atom. The molecule has 0 saturated heterocycles. The van der Waals surface area contributed by atoms with Gasteiger partial charge in [-0.05, 0) is 31.2 Å². The number of benzene rings is 2. The molecule has 0 atom stereocenters. The molecule has 0 N–H and O–H groups in total. The summed E-state index contributed by atoms with van der Waals surface area (Å²) in [5.41, 5.74) is 1.08. The number of hydrogen-bond donors (Lipinski definition) is 0. The molecule has 0 amide bonds. The molecule has 3 aromatic rings. The van der Waals surface area contributed by atoms with Crippen LogP contribution >= 0.6 is 11.8 Å². The largest absolute Gasteiger partial charge is 0.486 e. The van der Waals surface area contributed by atoms with Gasteiger partial charge in [-0.3, -0.25) is 0 Å². The van der Waals surface area contributed by atoms with E-state index in [2.05, 4.69) is 20.8 Å². The molecular weight excluding hydrogens is 428 g/mol. The first-order valence-corrected chi connectivity index (χ1v) is 10.7. The summed E-state index contributed by atoms with van der Waals surface area (Å²) < 4.78 is 64.4. The molecule has 0 saturated carbocycles. The number of hydrogen-bond acceptors (Lipinski definition) is 3. The molecule has 0 bridgehead atoms. The van der Waals surface area contributed by atoms with Crippen molar-refractivity contribution in [3.05, 3.63) is 76.8 Å². The zero-order valence-electron chi connectivity index (χ0n) is 17.8. The first-order valence-electron chi connectivity index (χ1n) is 9.75. The number of halogens is 4. The van der Waals surface area contributed by atoms with E-state index < -0.39 is 11.7 Å². The number of alkyl halides is 3. The van der Waals surface area contributed by atoms with Gasteiger partial charge in [-0.25, -0.2) is 4.39 Å². The summed E-state index contributed by atoms with van der Waals surface area (Å²) in [6, 6.07) is 11.5. The van der Waals surface area contributed by atoms with Crippen LogP contribution in [0.3, 0.4) is 0 Å². The van der Waals surface area contributed by atoms with E-state index in [4.69, 9.17) is 9.15 Å². The van der Waals surface area contributed by atoms with Crippen LogP contribution in [-0.4, -0.2) is 4.75 Å². The van der Waals surface area contributed by atoms with Gasteiger partial charge in [-0.1, -0.05) is 45.0 Å². The van der Waals surface area contributed by atoms with E-state index >= 15 is 0 Å². The number of rotatable bonds is 6. The molecule has 0 aliphatic rings. The summed E-state index contributed by atoms with van der Waals surface area (Å²) in [6.45, 7) is 8.05. The van der Waals surface area contributed by atoms with E-state index in [0.717, 1.165) is 12.1 Å². The minimum absolute atomic E-state index is 0.0198. The molecule has 3 rings (SSSR count). The van der Waals surface area contributed by atoms with Gasteiger partial charge in [0.2, 0.25) is 0 Å².